The topological polar surface area (TPSA) is 26.3 Å². The highest BCUT2D eigenvalue weighted by atomic mass is 16.5. The molecule has 0 saturated heterocycles. The van der Waals surface area contributed by atoms with E-state index < -0.39 is 0 Å². The van der Waals surface area contributed by atoms with Gasteiger partial charge in [-0.3, -0.25) is 4.79 Å². The number of methoxy groups -OCH3 is 1. The number of ether oxygens (including phenoxy) is 1. The summed E-state index contributed by atoms with van der Waals surface area (Å²) >= 11 is 0. The van der Waals surface area contributed by atoms with E-state index in [1.807, 2.05) is 6.92 Å². The zero-order chi connectivity index (χ0) is 10.5. The van der Waals surface area contributed by atoms with Gasteiger partial charge in [-0.1, -0.05) is 34.1 Å². The standard InChI is InChI=1S/C11H22O2/c1-9(10(12)13-5)7-6-8-11(2,3)4/h9H,6-8H2,1-5H3. The summed E-state index contributed by atoms with van der Waals surface area (Å²) in [6, 6.07) is 0. The van der Waals surface area contributed by atoms with Gasteiger partial charge in [-0.25, -0.2) is 0 Å². The first-order chi connectivity index (χ1) is 5.87. The second-order valence-corrected chi connectivity index (χ2v) is 4.88. The van der Waals surface area contributed by atoms with Crippen molar-refractivity contribution < 1.29 is 9.53 Å². The summed E-state index contributed by atoms with van der Waals surface area (Å²) in [7, 11) is 1.45. The van der Waals surface area contributed by atoms with Crippen LogP contribution in [0.1, 0.15) is 47.0 Å². The molecule has 0 aromatic carbocycles. The summed E-state index contributed by atoms with van der Waals surface area (Å²) in [5.74, 6) is -0.0405. The van der Waals surface area contributed by atoms with E-state index >= 15 is 0 Å². The average Bonchev–Trinajstić information content (AvgIpc) is 2.00. The lowest BCUT2D eigenvalue weighted by Crippen LogP contribution is -2.13. The van der Waals surface area contributed by atoms with Gasteiger partial charge in [0.15, 0.2) is 0 Å². The third kappa shape index (κ3) is 6.62. The molecular formula is C11H22O2. The number of esters is 1. The highest BCUT2D eigenvalue weighted by Gasteiger charge is 2.15. The van der Waals surface area contributed by atoms with Crippen LogP contribution in [0, 0.1) is 11.3 Å². The van der Waals surface area contributed by atoms with Crippen molar-refractivity contribution >= 4 is 5.97 Å². The summed E-state index contributed by atoms with van der Waals surface area (Å²) in [5.41, 5.74) is 0.371. The maximum absolute atomic E-state index is 11.0. The van der Waals surface area contributed by atoms with Crippen molar-refractivity contribution in [2.24, 2.45) is 11.3 Å². The van der Waals surface area contributed by atoms with Gasteiger partial charge in [-0.05, 0) is 18.3 Å². The van der Waals surface area contributed by atoms with E-state index in [9.17, 15) is 4.79 Å². The molecular weight excluding hydrogens is 164 g/mol. The Morgan fingerprint density at radius 2 is 1.92 bits per heavy atom. The predicted octanol–water partition coefficient (Wildman–Crippen LogP) is 3.01. The van der Waals surface area contributed by atoms with Crippen LogP contribution < -0.4 is 0 Å². The lowest BCUT2D eigenvalue weighted by Gasteiger charge is -2.18. The molecule has 0 aliphatic rings. The molecule has 13 heavy (non-hydrogen) atoms. The summed E-state index contributed by atoms with van der Waals surface area (Å²) in [5, 5.41) is 0. The normalized spacial score (nSPS) is 13.9. The van der Waals surface area contributed by atoms with Crippen LogP contribution in [0.2, 0.25) is 0 Å². The van der Waals surface area contributed by atoms with Crippen molar-refractivity contribution in [3.63, 3.8) is 0 Å². The van der Waals surface area contributed by atoms with Crippen LogP contribution in [0.15, 0.2) is 0 Å². The second-order valence-electron chi connectivity index (χ2n) is 4.88. The van der Waals surface area contributed by atoms with Crippen molar-refractivity contribution in [3.05, 3.63) is 0 Å². The van der Waals surface area contributed by atoms with E-state index in [0.29, 0.717) is 5.41 Å². The van der Waals surface area contributed by atoms with Crippen LogP contribution in [-0.4, -0.2) is 13.1 Å². The fraction of sp³-hybridized carbons (Fsp3) is 0.909. The van der Waals surface area contributed by atoms with Gasteiger partial charge in [0.2, 0.25) is 0 Å². The summed E-state index contributed by atoms with van der Waals surface area (Å²) in [4.78, 5) is 11.0. The van der Waals surface area contributed by atoms with Gasteiger partial charge in [0, 0.05) is 0 Å². The maximum atomic E-state index is 11.0. The zero-order valence-corrected chi connectivity index (χ0v) is 9.52. The number of hydrogen-bond acceptors (Lipinski definition) is 2. The molecule has 0 heterocycles. The van der Waals surface area contributed by atoms with Crippen molar-refractivity contribution in [1.29, 1.82) is 0 Å². The molecule has 0 amide bonds. The molecule has 0 aromatic heterocycles. The van der Waals surface area contributed by atoms with Gasteiger partial charge in [-0.2, -0.15) is 0 Å². The van der Waals surface area contributed by atoms with Crippen LogP contribution in [0.25, 0.3) is 0 Å². The molecule has 0 aromatic rings. The van der Waals surface area contributed by atoms with Crippen LogP contribution >= 0.6 is 0 Å². The van der Waals surface area contributed by atoms with Crippen LogP contribution in [0.5, 0.6) is 0 Å². The molecule has 0 spiro atoms. The van der Waals surface area contributed by atoms with Crippen LogP contribution in [0.3, 0.4) is 0 Å². The highest BCUT2D eigenvalue weighted by Crippen LogP contribution is 2.23. The van der Waals surface area contributed by atoms with Gasteiger partial charge >= 0.3 is 5.97 Å². The van der Waals surface area contributed by atoms with Crippen molar-refractivity contribution in [3.8, 4) is 0 Å². The van der Waals surface area contributed by atoms with Crippen molar-refractivity contribution in [2.45, 2.75) is 47.0 Å². The third-order valence-electron chi connectivity index (χ3n) is 2.17. The predicted molar refractivity (Wildman–Crippen MR) is 54.5 cm³/mol. The van der Waals surface area contributed by atoms with Gasteiger partial charge in [0.05, 0.1) is 13.0 Å². The van der Waals surface area contributed by atoms with E-state index in [1.54, 1.807) is 0 Å². The van der Waals surface area contributed by atoms with E-state index in [0.717, 1.165) is 19.3 Å². The first kappa shape index (κ1) is 12.5. The molecule has 0 radical (unpaired) electrons. The SMILES string of the molecule is COC(=O)C(C)CCCC(C)(C)C. The maximum Gasteiger partial charge on any atom is 0.308 e. The second kappa shape index (κ2) is 5.25. The fourth-order valence-electron chi connectivity index (χ4n) is 1.26. The Labute approximate surface area is 81.7 Å². The third-order valence-corrected chi connectivity index (χ3v) is 2.17. The Hall–Kier alpha value is -0.530. The summed E-state index contributed by atoms with van der Waals surface area (Å²) < 4.78 is 4.66. The largest absolute Gasteiger partial charge is 0.469 e. The van der Waals surface area contributed by atoms with Crippen LogP contribution in [-0.2, 0) is 9.53 Å². The molecule has 0 rings (SSSR count). The molecule has 0 saturated carbocycles. The minimum Gasteiger partial charge on any atom is -0.469 e. The van der Waals surface area contributed by atoms with Crippen molar-refractivity contribution in [2.75, 3.05) is 7.11 Å². The average molecular weight is 186 g/mol. The molecule has 2 nitrogen and oxygen atoms in total. The number of carbonyl (C=O) groups excluding carboxylic acids is 1. The number of hydrogen-bond donors (Lipinski definition) is 0. The van der Waals surface area contributed by atoms with E-state index in [-0.39, 0.29) is 11.9 Å². The molecule has 2 heteroatoms. The molecule has 1 atom stereocenters. The Bertz CT molecular complexity index is 156. The molecule has 0 bridgehead atoms. The van der Waals surface area contributed by atoms with Gasteiger partial charge < -0.3 is 4.74 Å². The molecule has 0 aliphatic carbocycles. The Morgan fingerprint density at radius 1 is 1.38 bits per heavy atom. The van der Waals surface area contributed by atoms with Crippen molar-refractivity contribution in [1.82, 2.24) is 0 Å². The minimum atomic E-state index is -0.0890. The molecule has 0 aliphatic heterocycles. The lowest BCUT2D eigenvalue weighted by molar-refractivity contribution is -0.145. The Balaban J connectivity index is 3.59. The number of carbonyl (C=O) groups is 1. The van der Waals surface area contributed by atoms with E-state index in [4.69, 9.17) is 0 Å². The summed E-state index contributed by atoms with van der Waals surface area (Å²) in [6.07, 6.45) is 3.19. The minimum absolute atomic E-state index is 0.0485. The first-order valence-electron chi connectivity index (χ1n) is 4.94. The molecule has 0 fully saturated rings. The molecule has 1 unspecified atom stereocenters. The first-order valence-corrected chi connectivity index (χ1v) is 4.94. The van der Waals surface area contributed by atoms with E-state index in [2.05, 4.69) is 25.5 Å². The quantitative estimate of drug-likeness (QED) is 0.631. The monoisotopic (exact) mass is 186 g/mol. The number of rotatable bonds is 4. The fourth-order valence-corrected chi connectivity index (χ4v) is 1.26. The van der Waals surface area contributed by atoms with Crippen LogP contribution in [0.4, 0.5) is 0 Å². The molecule has 0 N–H and O–H groups in total. The Morgan fingerprint density at radius 3 is 2.31 bits per heavy atom. The summed E-state index contributed by atoms with van der Waals surface area (Å²) in [6.45, 7) is 8.58. The van der Waals surface area contributed by atoms with Gasteiger partial charge in [0.25, 0.3) is 0 Å². The zero-order valence-electron chi connectivity index (χ0n) is 9.52. The molecule has 78 valence electrons. The van der Waals surface area contributed by atoms with Gasteiger partial charge in [-0.15, -0.1) is 0 Å². The highest BCUT2D eigenvalue weighted by molar-refractivity contribution is 5.71. The smallest absolute Gasteiger partial charge is 0.308 e. The van der Waals surface area contributed by atoms with E-state index in [1.165, 1.54) is 7.11 Å². The van der Waals surface area contributed by atoms with Gasteiger partial charge in [0.1, 0.15) is 0 Å². The lowest BCUT2D eigenvalue weighted by atomic mass is 9.88. The Kier molecular flexibility index (Phi) is 5.04.